The van der Waals surface area contributed by atoms with E-state index in [0.29, 0.717) is 6.04 Å². The van der Waals surface area contributed by atoms with E-state index in [1.165, 1.54) is 16.9 Å². The molecule has 0 amide bonds. The molecule has 34 heavy (non-hydrogen) atoms. The van der Waals surface area contributed by atoms with Gasteiger partial charge in [0.15, 0.2) is 0 Å². The maximum atomic E-state index is 7.02. The van der Waals surface area contributed by atoms with Crippen molar-refractivity contribution < 1.29 is 0 Å². The average Bonchev–Trinajstić information content (AvgIpc) is 3.31. The van der Waals surface area contributed by atoms with Crippen molar-refractivity contribution in [3.63, 3.8) is 0 Å². The van der Waals surface area contributed by atoms with Crippen LogP contribution >= 0.6 is 11.6 Å². The summed E-state index contributed by atoms with van der Waals surface area (Å²) in [5.74, 6) is 0. The van der Waals surface area contributed by atoms with Gasteiger partial charge >= 0.3 is 0 Å². The molecule has 4 heterocycles. The van der Waals surface area contributed by atoms with E-state index in [-0.39, 0.29) is 0 Å². The molecule has 2 N–H and O–H groups in total. The van der Waals surface area contributed by atoms with E-state index < -0.39 is 0 Å². The van der Waals surface area contributed by atoms with Gasteiger partial charge in [0, 0.05) is 60.6 Å². The van der Waals surface area contributed by atoms with Crippen LogP contribution in [0.1, 0.15) is 5.56 Å². The summed E-state index contributed by atoms with van der Waals surface area (Å²) >= 11 is 7.02. The molecule has 1 atom stereocenters. The maximum absolute atomic E-state index is 7.02. The lowest BCUT2D eigenvalue weighted by Gasteiger charge is -2.47. The smallest absolute Gasteiger partial charge is 0.0798 e. The Morgan fingerprint density at radius 1 is 1.18 bits per heavy atom. The largest absolute Gasteiger partial charge is 0.365 e. The molecule has 0 bridgehead atoms. The summed E-state index contributed by atoms with van der Waals surface area (Å²) in [5, 5.41) is 13.9. The molecule has 8 heteroatoms. The lowest BCUT2D eigenvalue weighted by molar-refractivity contribution is 0.400. The van der Waals surface area contributed by atoms with Crippen LogP contribution in [0.3, 0.4) is 0 Å². The quantitative estimate of drug-likeness (QED) is 0.466. The third-order valence-corrected chi connectivity index (χ3v) is 7.55. The van der Waals surface area contributed by atoms with Crippen LogP contribution in [0.5, 0.6) is 0 Å². The van der Waals surface area contributed by atoms with Crippen LogP contribution in [0.2, 0.25) is 5.02 Å². The lowest BCUT2D eigenvalue weighted by atomic mass is 9.94. The molecule has 4 aromatic rings. The molecule has 2 aromatic heterocycles. The Kier molecular flexibility index (Phi) is 5.36. The van der Waals surface area contributed by atoms with Crippen molar-refractivity contribution in [1.82, 2.24) is 25.4 Å². The zero-order valence-corrected chi connectivity index (χ0v) is 20.7. The first-order chi connectivity index (χ1) is 16.5. The Morgan fingerprint density at radius 2 is 2.06 bits per heavy atom. The Labute approximate surface area is 204 Å². The van der Waals surface area contributed by atoms with Crippen molar-refractivity contribution in [3.05, 3.63) is 47.2 Å². The van der Waals surface area contributed by atoms with Crippen LogP contribution in [0.4, 0.5) is 11.4 Å². The van der Waals surface area contributed by atoms with Crippen molar-refractivity contribution in [2.75, 3.05) is 63.2 Å². The van der Waals surface area contributed by atoms with Gasteiger partial charge in [-0.2, -0.15) is 5.10 Å². The molecular weight excluding hydrogens is 446 g/mol. The molecule has 2 aliphatic heterocycles. The van der Waals surface area contributed by atoms with E-state index in [0.717, 1.165) is 77.2 Å². The SMILES string of the molecule is Cc1ccc2[nH]ncc2c1-c1cc2ncc3c(c2cc1Cl)N1CCNC[C@@H]1CN3CCN(C)C. The highest BCUT2D eigenvalue weighted by atomic mass is 35.5. The summed E-state index contributed by atoms with van der Waals surface area (Å²) in [5.41, 5.74) is 7.76. The zero-order valence-electron chi connectivity index (χ0n) is 19.9. The van der Waals surface area contributed by atoms with Crippen LogP contribution in [-0.4, -0.2) is 79.5 Å². The minimum absolute atomic E-state index is 0.439. The Morgan fingerprint density at radius 3 is 2.91 bits per heavy atom. The minimum Gasteiger partial charge on any atom is -0.365 e. The fraction of sp³-hybridized carbons (Fsp3) is 0.385. The van der Waals surface area contributed by atoms with E-state index in [2.05, 4.69) is 81.7 Å². The number of nitrogens with one attached hydrogen (secondary N) is 2. The summed E-state index contributed by atoms with van der Waals surface area (Å²) < 4.78 is 0. The van der Waals surface area contributed by atoms with E-state index in [9.17, 15) is 0 Å². The zero-order chi connectivity index (χ0) is 23.4. The van der Waals surface area contributed by atoms with Gasteiger partial charge in [0.1, 0.15) is 0 Å². The molecule has 0 aliphatic carbocycles. The highest BCUT2D eigenvalue weighted by Crippen LogP contribution is 2.44. The highest BCUT2D eigenvalue weighted by molar-refractivity contribution is 6.35. The third-order valence-electron chi connectivity index (χ3n) is 7.24. The van der Waals surface area contributed by atoms with Crippen LogP contribution < -0.4 is 15.1 Å². The number of aryl methyl sites for hydroxylation is 1. The summed E-state index contributed by atoms with van der Waals surface area (Å²) in [6.07, 6.45) is 3.95. The van der Waals surface area contributed by atoms with Crippen molar-refractivity contribution in [3.8, 4) is 11.1 Å². The molecule has 2 aliphatic rings. The van der Waals surface area contributed by atoms with Gasteiger partial charge in [-0.3, -0.25) is 10.1 Å². The number of nitrogens with zero attached hydrogens (tertiary/aromatic N) is 5. The molecule has 0 saturated carbocycles. The molecule has 0 spiro atoms. The Bertz CT molecular complexity index is 1380. The van der Waals surface area contributed by atoms with E-state index in [1.54, 1.807) is 0 Å². The van der Waals surface area contributed by atoms with Crippen molar-refractivity contribution in [1.29, 1.82) is 0 Å². The first kappa shape index (κ1) is 21.6. The fourth-order valence-electron chi connectivity index (χ4n) is 5.50. The predicted octanol–water partition coefficient (Wildman–Crippen LogP) is 3.90. The summed E-state index contributed by atoms with van der Waals surface area (Å²) in [6.45, 7) is 8.09. The predicted molar refractivity (Wildman–Crippen MR) is 141 cm³/mol. The third kappa shape index (κ3) is 3.50. The van der Waals surface area contributed by atoms with Gasteiger partial charge in [-0.1, -0.05) is 17.7 Å². The minimum atomic E-state index is 0.439. The molecule has 176 valence electrons. The number of hydrogen-bond donors (Lipinski definition) is 2. The lowest BCUT2D eigenvalue weighted by Crippen LogP contribution is -2.59. The molecule has 6 rings (SSSR count). The van der Waals surface area contributed by atoms with E-state index >= 15 is 0 Å². The maximum Gasteiger partial charge on any atom is 0.0798 e. The molecule has 0 unspecified atom stereocenters. The monoisotopic (exact) mass is 475 g/mol. The fourth-order valence-corrected chi connectivity index (χ4v) is 5.76. The number of pyridine rings is 1. The number of rotatable bonds is 4. The van der Waals surface area contributed by atoms with Crippen LogP contribution in [-0.2, 0) is 0 Å². The van der Waals surface area contributed by atoms with Gasteiger partial charge < -0.3 is 20.0 Å². The standard InChI is InChI=1S/C26H30ClN7/c1-16-4-5-22-20(13-30-31-22)25(16)18-11-23-19(10-21(18)27)26-24(14-29-23)33(9-8-32(2)3)15-17-12-28-6-7-34(17)26/h4-5,10-11,13-14,17,28H,6-9,12,15H2,1-3H3,(H,30,31)/t17-/m1/s1. The second-order valence-electron chi connectivity index (χ2n) is 9.73. The van der Waals surface area contributed by atoms with E-state index in [1.807, 2.05) is 6.20 Å². The highest BCUT2D eigenvalue weighted by Gasteiger charge is 2.34. The number of aromatic amines is 1. The van der Waals surface area contributed by atoms with Gasteiger partial charge in [0.05, 0.1) is 40.8 Å². The van der Waals surface area contributed by atoms with Gasteiger partial charge in [0.2, 0.25) is 0 Å². The van der Waals surface area contributed by atoms with Crippen LogP contribution in [0, 0.1) is 6.92 Å². The molecule has 7 nitrogen and oxygen atoms in total. The number of likely N-dealkylation sites (N-methyl/N-ethyl adjacent to an activating group) is 1. The number of piperazine rings is 1. The molecule has 1 fully saturated rings. The molecule has 1 saturated heterocycles. The summed E-state index contributed by atoms with van der Waals surface area (Å²) in [7, 11) is 4.25. The average molecular weight is 476 g/mol. The second kappa shape index (κ2) is 8.41. The van der Waals surface area contributed by atoms with Gasteiger partial charge in [0.25, 0.3) is 0 Å². The summed E-state index contributed by atoms with van der Waals surface area (Å²) in [6, 6.07) is 8.91. The molecule has 0 radical (unpaired) electrons. The molecule has 2 aromatic carbocycles. The number of fused-ring (bicyclic) bond motifs is 6. The van der Waals surface area contributed by atoms with Crippen LogP contribution in [0.25, 0.3) is 32.9 Å². The van der Waals surface area contributed by atoms with Gasteiger partial charge in [-0.05, 0) is 50.3 Å². The first-order valence-corrected chi connectivity index (χ1v) is 12.3. The van der Waals surface area contributed by atoms with Crippen molar-refractivity contribution in [2.24, 2.45) is 0 Å². The Balaban J connectivity index is 1.53. The number of benzene rings is 2. The Hall–Kier alpha value is -2.87. The van der Waals surface area contributed by atoms with Crippen molar-refractivity contribution >= 4 is 44.8 Å². The number of H-pyrrole nitrogens is 1. The van der Waals surface area contributed by atoms with Gasteiger partial charge in [-0.25, -0.2) is 0 Å². The topological polar surface area (TPSA) is 63.3 Å². The number of halogens is 1. The first-order valence-electron chi connectivity index (χ1n) is 11.9. The number of hydrogen-bond acceptors (Lipinski definition) is 6. The molecular formula is C26H30ClN7. The number of anilines is 2. The van der Waals surface area contributed by atoms with Crippen LogP contribution in [0.15, 0.2) is 36.7 Å². The van der Waals surface area contributed by atoms with Gasteiger partial charge in [-0.15, -0.1) is 0 Å². The second-order valence-corrected chi connectivity index (χ2v) is 10.1. The normalized spacial score (nSPS) is 18.1. The van der Waals surface area contributed by atoms with Crippen molar-refractivity contribution in [2.45, 2.75) is 13.0 Å². The summed E-state index contributed by atoms with van der Waals surface area (Å²) in [4.78, 5) is 12.3. The number of aromatic nitrogens is 3. The van der Waals surface area contributed by atoms with E-state index in [4.69, 9.17) is 16.6 Å².